The fourth-order valence-corrected chi connectivity index (χ4v) is 2.50. The van der Waals surface area contributed by atoms with E-state index in [-0.39, 0.29) is 28.1 Å². The van der Waals surface area contributed by atoms with E-state index in [4.69, 9.17) is 5.26 Å². The van der Waals surface area contributed by atoms with Gasteiger partial charge in [-0.25, -0.2) is 4.98 Å². The van der Waals surface area contributed by atoms with Gasteiger partial charge in [-0.2, -0.15) is 5.26 Å². The third-order valence-corrected chi connectivity index (χ3v) is 3.72. The minimum atomic E-state index is -0.362. The summed E-state index contributed by atoms with van der Waals surface area (Å²) in [6.45, 7) is 1.81. The van der Waals surface area contributed by atoms with Crippen molar-refractivity contribution < 1.29 is 0 Å². The van der Waals surface area contributed by atoms with Crippen LogP contribution in [0.15, 0.2) is 40.0 Å². The molecule has 0 fully saturated rings. The quantitative estimate of drug-likeness (QED) is 0.670. The van der Waals surface area contributed by atoms with Crippen LogP contribution in [0.1, 0.15) is 11.3 Å². The molecule has 3 aromatic rings. The van der Waals surface area contributed by atoms with Crippen molar-refractivity contribution >= 4 is 38.6 Å². The van der Waals surface area contributed by atoms with Crippen molar-refractivity contribution in [1.82, 2.24) is 14.4 Å². The second kappa shape index (κ2) is 5.84. The first kappa shape index (κ1) is 15.5. The van der Waals surface area contributed by atoms with Gasteiger partial charge in [0, 0.05) is 23.0 Å². The molecule has 0 saturated heterocycles. The number of rotatable bonds is 1. The summed E-state index contributed by atoms with van der Waals surface area (Å²) in [4.78, 5) is 18.5. The minimum absolute atomic E-state index is 0. The maximum absolute atomic E-state index is 11.6. The highest BCUT2D eigenvalue weighted by Gasteiger charge is 2.09. The molecule has 7 heteroatoms. The molecule has 0 aromatic carbocycles. The molecule has 3 heterocycles. The van der Waals surface area contributed by atoms with Crippen LogP contribution >= 0.6 is 32.9 Å². The first-order valence-electron chi connectivity index (χ1n) is 5.87. The molecule has 5 nitrogen and oxygen atoms in total. The number of nitrogens with one attached hydrogen (secondary N) is 1. The van der Waals surface area contributed by atoms with Crippen LogP contribution in [0.3, 0.4) is 0 Å². The minimum Gasteiger partial charge on any atom is -0.325 e. The van der Waals surface area contributed by atoms with Gasteiger partial charge < -0.3 is 4.98 Å². The SMILES string of the molecule is Br.Cc1[nH]c(=O)c(C#N)cc1-c1ccc2ncc(Br)n2c1. The van der Waals surface area contributed by atoms with E-state index >= 15 is 0 Å². The summed E-state index contributed by atoms with van der Waals surface area (Å²) in [5.74, 6) is 0. The smallest absolute Gasteiger partial charge is 0.266 e. The average Bonchev–Trinajstić information content (AvgIpc) is 2.80. The molecule has 0 unspecified atom stereocenters. The van der Waals surface area contributed by atoms with Gasteiger partial charge in [-0.15, -0.1) is 17.0 Å². The summed E-state index contributed by atoms with van der Waals surface area (Å²) in [6, 6.07) is 7.31. The zero-order valence-electron chi connectivity index (χ0n) is 10.9. The van der Waals surface area contributed by atoms with Crippen LogP contribution in [0, 0.1) is 18.3 Å². The molecule has 0 aliphatic rings. The van der Waals surface area contributed by atoms with Crippen molar-refractivity contribution in [2.24, 2.45) is 0 Å². The number of hydrogen-bond acceptors (Lipinski definition) is 3. The fraction of sp³-hybridized carbons (Fsp3) is 0.0714. The number of H-pyrrole nitrogens is 1. The lowest BCUT2D eigenvalue weighted by Crippen LogP contribution is -2.12. The highest BCUT2D eigenvalue weighted by Crippen LogP contribution is 2.24. The summed E-state index contributed by atoms with van der Waals surface area (Å²) in [5.41, 5.74) is 3.02. The number of nitriles is 1. The molecule has 3 rings (SSSR count). The van der Waals surface area contributed by atoms with Crippen LogP contribution in [0.25, 0.3) is 16.8 Å². The normalized spacial score (nSPS) is 10.1. The van der Waals surface area contributed by atoms with Gasteiger partial charge in [0.2, 0.25) is 0 Å². The van der Waals surface area contributed by atoms with E-state index < -0.39 is 0 Å². The molecule has 21 heavy (non-hydrogen) atoms. The van der Waals surface area contributed by atoms with Crippen molar-refractivity contribution in [3.63, 3.8) is 0 Å². The largest absolute Gasteiger partial charge is 0.325 e. The van der Waals surface area contributed by atoms with Crippen molar-refractivity contribution in [3.8, 4) is 17.2 Å². The number of imidazole rings is 1. The summed E-state index contributed by atoms with van der Waals surface area (Å²) in [7, 11) is 0. The second-order valence-corrected chi connectivity index (χ2v) is 5.20. The van der Waals surface area contributed by atoms with E-state index in [1.807, 2.05) is 35.7 Å². The Hall–Kier alpha value is -1.91. The van der Waals surface area contributed by atoms with Gasteiger partial charge in [-0.05, 0) is 41.1 Å². The Labute approximate surface area is 139 Å². The van der Waals surface area contributed by atoms with E-state index in [1.54, 1.807) is 12.3 Å². The maximum atomic E-state index is 11.6. The van der Waals surface area contributed by atoms with Crippen LogP contribution < -0.4 is 5.56 Å². The standard InChI is InChI=1S/C14H9BrN4O.BrH/c1-8-11(4-10(5-16)14(20)18-8)9-2-3-13-17-6-12(15)19(13)7-9;/h2-4,6-7H,1H3,(H,18,20);1H. The van der Waals surface area contributed by atoms with E-state index in [1.165, 1.54) is 0 Å². The number of fused-ring (bicyclic) bond motifs is 1. The number of hydrogen-bond donors (Lipinski definition) is 1. The van der Waals surface area contributed by atoms with Crippen LogP contribution in [-0.4, -0.2) is 14.4 Å². The van der Waals surface area contributed by atoms with Gasteiger partial charge in [0.05, 0.1) is 6.20 Å². The van der Waals surface area contributed by atoms with Crippen molar-refractivity contribution in [3.05, 3.63) is 56.8 Å². The topological polar surface area (TPSA) is 73.9 Å². The van der Waals surface area contributed by atoms with Gasteiger partial charge in [-0.3, -0.25) is 9.20 Å². The Morgan fingerprint density at radius 2 is 2.19 bits per heavy atom. The average molecular weight is 410 g/mol. The lowest BCUT2D eigenvalue weighted by atomic mass is 10.0. The number of nitrogens with zero attached hydrogens (tertiary/aromatic N) is 3. The Kier molecular flexibility index (Phi) is 4.30. The molecule has 0 radical (unpaired) electrons. The Morgan fingerprint density at radius 1 is 1.43 bits per heavy atom. The molecule has 0 amide bonds. The highest BCUT2D eigenvalue weighted by atomic mass is 79.9. The van der Waals surface area contributed by atoms with E-state index in [9.17, 15) is 4.79 Å². The fourth-order valence-electron chi connectivity index (χ4n) is 2.12. The van der Waals surface area contributed by atoms with Gasteiger partial charge >= 0.3 is 0 Å². The van der Waals surface area contributed by atoms with Crippen molar-refractivity contribution in [1.29, 1.82) is 5.26 Å². The lowest BCUT2D eigenvalue weighted by Gasteiger charge is -2.07. The Morgan fingerprint density at radius 3 is 2.90 bits per heavy atom. The van der Waals surface area contributed by atoms with E-state index in [0.29, 0.717) is 0 Å². The summed E-state index contributed by atoms with van der Waals surface area (Å²) in [6.07, 6.45) is 3.63. The molecule has 0 bridgehead atoms. The molecular formula is C14H10Br2N4O. The predicted molar refractivity (Wildman–Crippen MR) is 88.7 cm³/mol. The molecule has 0 saturated carbocycles. The number of aromatic nitrogens is 3. The van der Waals surface area contributed by atoms with Gasteiger partial charge in [0.25, 0.3) is 5.56 Å². The third kappa shape index (κ3) is 2.64. The molecule has 0 spiro atoms. The monoisotopic (exact) mass is 408 g/mol. The van der Waals surface area contributed by atoms with Gasteiger partial charge in [-0.1, -0.05) is 0 Å². The third-order valence-electron chi connectivity index (χ3n) is 3.13. The zero-order chi connectivity index (χ0) is 14.3. The molecular weight excluding hydrogens is 400 g/mol. The number of aryl methyl sites for hydroxylation is 1. The first-order valence-corrected chi connectivity index (χ1v) is 6.66. The van der Waals surface area contributed by atoms with E-state index in [2.05, 4.69) is 25.9 Å². The van der Waals surface area contributed by atoms with Gasteiger partial charge in [0.1, 0.15) is 21.9 Å². The van der Waals surface area contributed by atoms with Crippen molar-refractivity contribution in [2.75, 3.05) is 0 Å². The van der Waals surface area contributed by atoms with E-state index in [0.717, 1.165) is 27.1 Å². The summed E-state index contributed by atoms with van der Waals surface area (Å²) >= 11 is 3.42. The molecule has 0 aliphatic carbocycles. The number of pyridine rings is 2. The summed E-state index contributed by atoms with van der Waals surface area (Å²) in [5, 5.41) is 8.97. The number of aromatic amines is 1. The van der Waals surface area contributed by atoms with Gasteiger partial charge in [0.15, 0.2) is 0 Å². The van der Waals surface area contributed by atoms with Crippen molar-refractivity contribution in [2.45, 2.75) is 6.92 Å². The predicted octanol–water partition coefficient (Wildman–Crippen LogP) is 3.21. The Balaban J connectivity index is 0.00000161. The molecule has 106 valence electrons. The van der Waals surface area contributed by atoms with Crippen LogP contribution in [0.2, 0.25) is 0 Å². The second-order valence-electron chi connectivity index (χ2n) is 4.39. The summed E-state index contributed by atoms with van der Waals surface area (Å²) < 4.78 is 2.74. The van der Waals surface area contributed by atoms with Crippen LogP contribution in [-0.2, 0) is 0 Å². The molecule has 1 N–H and O–H groups in total. The zero-order valence-corrected chi connectivity index (χ0v) is 14.2. The lowest BCUT2D eigenvalue weighted by molar-refractivity contribution is 1.12. The molecule has 0 aliphatic heterocycles. The highest BCUT2D eigenvalue weighted by molar-refractivity contribution is 9.10. The molecule has 3 aromatic heterocycles. The number of halogens is 2. The Bertz CT molecular complexity index is 921. The van der Waals surface area contributed by atoms with Crippen LogP contribution in [0.5, 0.6) is 0 Å². The van der Waals surface area contributed by atoms with Crippen LogP contribution in [0.4, 0.5) is 0 Å². The molecule has 0 atom stereocenters. The maximum Gasteiger partial charge on any atom is 0.266 e. The first-order chi connectivity index (χ1) is 9.60.